The van der Waals surface area contributed by atoms with Crippen LogP contribution in [0, 0.1) is 5.92 Å². The number of fused-ring (bicyclic) bond motifs is 1. The fraction of sp³-hybridized carbons (Fsp3) is 0.818. The molecular formula is C11H20NO+. The fourth-order valence-electron chi connectivity index (χ4n) is 3.04. The lowest BCUT2D eigenvalue weighted by atomic mass is 9.76. The molecule has 0 spiro atoms. The molecule has 1 N–H and O–H groups in total. The number of hydrogen-bond donors (Lipinski definition) is 1. The van der Waals surface area contributed by atoms with E-state index in [0.717, 1.165) is 29.6 Å². The van der Waals surface area contributed by atoms with Gasteiger partial charge in [-0.15, -0.1) is 0 Å². The summed E-state index contributed by atoms with van der Waals surface area (Å²) >= 11 is 0. The van der Waals surface area contributed by atoms with Gasteiger partial charge in [-0.3, -0.25) is 4.48 Å². The van der Waals surface area contributed by atoms with E-state index in [1.54, 1.807) is 0 Å². The van der Waals surface area contributed by atoms with Gasteiger partial charge in [0.25, 0.3) is 0 Å². The zero-order valence-corrected chi connectivity index (χ0v) is 8.71. The van der Waals surface area contributed by atoms with Gasteiger partial charge in [-0.05, 0) is 25.8 Å². The standard InChI is InChI=1S/C11H20NO/c1-9-11(13)7-5-4-6-10(11)8-12(9,2)3/h10,13H,1,4-8H2,2-3H3/q+1/t10-,11+/m1/s1. The van der Waals surface area contributed by atoms with E-state index in [2.05, 4.69) is 20.7 Å². The first-order valence-corrected chi connectivity index (χ1v) is 5.22. The van der Waals surface area contributed by atoms with Crippen molar-refractivity contribution in [2.75, 3.05) is 20.6 Å². The van der Waals surface area contributed by atoms with Crippen molar-refractivity contribution in [2.45, 2.75) is 31.3 Å². The third-order valence-corrected chi connectivity index (χ3v) is 3.94. The Morgan fingerprint density at radius 3 is 2.77 bits per heavy atom. The highest BCUT2D eigenvalue weighted by Gasteiger charge is 2.55. The van der Waals surface area contributed by atoms with Crippen LogP contribution in [0.15, 0.2) is 12.3 Å². The van der Waals surface area contributed by atoms with Gasteiger partial charge in [0.05, 0.1) is 20.6 Å². The minimum absolute atomic E-state index is 0.462. The highest BCUT2D eigenvalue weighted by molar-refractivity contribution is 5.14. The maximum atomic E-state index is 10.5. The second-order valence-electron chi connectivity index (χ2n) is 5.18. The quantitative estimate of drug-likeness (QED) is 0.563. The molecule has 1 saturated heterocycles. The number of likely N-dealkylation sites (tertiary alicyclic amines) is 1. The van der Waals surface area contributed by atoms with Gasteiger partial charge >= 0.3 is 0 Å². The molecule has 1 aliphatic heterocycles. The molecule has 2 atom stereocenters. The number of quaternary nitrogens is 1. The molecule has 1 saturated carbocycles. The average Bonchev–Trinajstić information content (AvgIpc) is 2.24. The van der Waals surface area contributed by atoms with Crippen molar-refractivity contribution >= 4 is 0 Å². The van der Waals surface area contributed by atoms with Crippen LogP contribution in [0.3, 0.4) is 0 Å². The van der Waals surface area contributed by atoms with Gasteiger partial charge < -0.3 is 5.11 Å². The molecular weight excluding hydrogens is 162 g/mol. The van der Waals surface area contributed by atoms with E-state index in [1.165, 1.54) is 12.8 Å². The van der Waals surface area contributed by atoms with Crippen LogP contribution < -0.4 is 0 Å². The fourth-order valence-corrected chi connectivity index (χ4v) is 3.04. The van der Waals surface area contributed by atoms with Crippen LogP contribution >= 0.6 is 0 Å². The second-order valence-corrected chi connectivity index (χ2v) is 5.18. The number of hydrogen-bond acceptors (Lipinski definition) is 1. The first-order chi connectivity index (χ1) is 5.97. The topological polar surface area (TPSA) is 20.2 Å². The van der Waals surface area contributed by atoms with Crippen LogP contribution in [0.5, 0.6) is 0 Å². The van der Waals surface area contributed by atoms with Gasteiger partial charge in [0.1, 0.15) is 11.3 Å². The molecule has 0 radical (unpaired) electrons. The first kappa shape index (κ1) is 9.22. The van der Waals surface area contributed by atoms with Crippen LogP contribution in [0.1, 0.15) is 25.7 Å². The Balaban J connectivity index is 2.32. The Bertz CT molecular complexity index is 246. The summed E-state index contributed by atoms with van der Waals surface area (Å²) in [7, 11) is 4.30. The number of aliphatic hydroxyl groups is 1. The zero-order chi connectivity index (χ0) is 9.69. The van der Waals surface area contributed by atoms with Crippen molar-refractivity contribution in [3.8, 4) is 0 Å². The predicted octanol–water partition coefficient (Wildman–Crippen LogP) is 1.51. The van der Waals surface area contributed by atoms with E-state index in [1.807, 2.05) is 0 Å². The van der Waals surface area contributed by atoms with E-state index < -0.39 is 5.60 Å². The second kappa shape index (κ2) is 2.58. The van der Waals surface area contributed by atoms with Crippen LogP contribution in [0.2, 0.25) is 0 Å². The minimum atomic E-state index is -0.540. The summed E-state index contributed by atoms with van der Waals surface area (Å²) in [6.45, 7) is 5.15. The average molecular weight is 182 g/mol. The van der Waals surface area contributed by atoms with Crippen molar-refractivity contribution < 1.29 is 9.59 Å². The van der Waals surface area contributed by atoms with E-state index in [-0.39, 0.29) is 0 Å². The predicted molar refractivity (Wildman–Crippen MR) is 53.0 cm³/mol. The van der Waals surface area contributed by atoms with E-state index in [4.69, 9.17) is 0 Å². The summed E-state index contributed by atoms with van der Waals surface area (Å²) in [5.74, 6) is 0.462. The molecule has 2 heteroatoms. The Morgan fingerprint density at radius 2 is 2.15 bits per heavy atom. The molecule has 1 aliphatic carbocycles. The number of nitrogens with zero attached hydrogens (tertiary/aromatic N) is 1. The van der Waals surface area contributed by atoms with E-state index in [9.17, 15) is 5.11 Å². The monoisotopic (exact) mass is 182 g/mol. The van der Waals surface area contributed by atoms with E-state index >= 15 is 0 Å². The first-order valence-electron chi connectivity index (χ1n) is 5.22. The van der Waals surface area contributed by atoms with Gasteiger partial charge in [0, 0.05) is 5.92 Å². The SMILES string of the molecule is C=C1[C@@]2(O)CCCC[C@@H]2C[N+]1(C)C. The van der Waals surface area contributed by atoms with Gasteiger partial charge in [0.15, 0.2) is 0 Å². The van der Waals surface area contributed by atoms with Gasteiger partial charge in [0.2, 0.25) is 0 Å². The molecule has 2 rings (SSSR count). The summed E-state index contributed by atoms with van der Waals surface area (Å²) in [5.41, 5.74) is 0.485. The molecule has 2 aliphatic rings. The molecule has 0 aromatic rings. The Hall–Kier alpha value is -0.340. The van der Waals surface area contributed by atoms with Crippen LogP contribution in [-0.4, -0.2) is 35.8 Å². The molecule has 1 heterocycles. The highest BCUT2D eigenvalue weighted by atomic mass is 16.3. The molecule has 74 valence electrons. The number of likely N-dealkylation sites (N-methyl/N-ethyl adjacent to an activating group) is 1. The number of rotatable bonds is 0. The van der Waals surface area contributed by atoms with Crippen LogP contribution in [0.25, 0.3) is 0 Å². The summed E-state index contributed by atoms with van der Waals surface area (Å²) in [6.07, 6.45) is 4.54. The van der Waals surface area contributed by atoms with Crippen molar-refractivity contribution in [2.24, 2.45) is 5.92 Å². The summed E-state index contributed by atoms with van der Waals surface area (Å²) < 4.78 is 0.807. The third kappa shape index (κ3) is 1.16. The summed E-state index contributed by atoms with van der Waals surface area (Å²) in [4.78, 5) is 0. The largest absolute Gasteiger partial charge is 0.379 e. The molecule has 0 unspecified atom stereocenters. The van der Waals surface area contributed by atoms with Gasteiger partial charge in [-0.1, -0.05) is 6.42 Å². The van der Waals surface area contributed by atoms with Crippen molar-refractivity contribution in [3.05, 3.63) is 12.3 Å². The molecule has 0 aromatic heterocycles. The highest BCUT2D eigenvalue weighted by Crippen LogP contribution is 2.47. The van der Waals surface area contributed by atoms with Gasteiger partial charge in [-0.2, -0.15) is 0 Å². The Morgan fingerprint density at radius 1 is 1.46 bits per heavy atom. The molecule has 0 amide bonds. The zero-order valence-electron chi connectivity index (χ0n) is 8.71. The van der Waals surface area contributed by atoms with E-state index in [0.29, 0.717) is 5.92 Å². The normalized spacial score (nSPS) is 43.3. The van der Waals surface area contributed by atoms with Gasteiger partial charge in [-0.25, -0.2) is 0 Å². The molecule has 13 heavy (non-hydrogen) atoms. The van der Waals surface area contributed by atoms with Crippen LogP contribution in [-0.2, 0) is 0 Å². The molecule has 0 aromatic carbocycles. The summed E-state index contributed by atoms with van der Waals surface area (Å²) in [6, 6.07) is 0. The van der Waals surface area contributed by atoms with Crippen molar-refractivity contribution in [1.82, 2.24) is 0 Å². The Kier molecular flexibility index (Phi) is 1.83. The molecule has 2 fully saturated rings. The molecule has 2 nitrogen and oxygen atoms in total. The van der Waals surface area contributed by atoms with Crippen LogP contribution in [0.4, 0.5) is 0 Å². The summed E-state index contributed by atoms with van der Waals surface area (Å²) in [5, 5.41) is 10.5. The maximum Gasteiger partial charge on any atom is 0.146 e. The minimum Gasteiger partial charge on any atom is -0.379 e. The smallest absolute Gasteiger partial charge is 0.146 e. The Labute approximate surface area is 80.5 Å². The lowest BCUT2D eigenvalue weighted by molar-refractivity contribution is -0.845. The third-order valence-electron chi connectivity index (χ3n) is 3.94. The lowest BCUT2D eigenvalue weighted by Crippen LogP contribution is -2.40. The maximum absolute atomic E-state index is 10.5. The van der Waals surface area contributed by atoms with Crippen molar-refractivity contribution in [1.29, 1.82) is 0 Å². The lowest BCUT2D eigenvalue weighted by Gasteiger charge is -2.32. The molecule has 0 bridgehead atoms. The van der Waals surface area contributed by atoms with Crippen molar-refractivity contribution in [3.63, 3.8) is 0 Å².